The Bertz CT molecular complexity index is 1320. The van der Waals surface area contributed by atoms with Gasteiger partial charge in [-0.2, -0.15) is 0 Å². The molecule has 3 aromatic carbocycles. The molecule has 7 nitrogen and oxygen atoms in total. The molecule has 0 saturated heterocycles. The second-order valence-electron chi connectivity index (χ2n) is 9.31. The number of carbonyl (C=O) groups is 2. The first-order chi connectivity index (χ1) is 17.6. The van der Waals surface area contributed by atoms with Gasteiger partial charge in [0.1, 0.15) is 12.6 Å². The van der Waals surface area contributed by atoms with Crippen molar-refractivity contribution in [2.45, 2.75) is 51.1 Å². The van der Waals surface area contributed by atoms with Crippen molar-refractivity contribution in [3.63, 3.8) is 0 Å². The van der Waals surface area contributed by atoms with Crippen LogP contribution in [0.15, 0.2) is 83.8 Å². The molecule has 3 rings (SSSR count). The Hall–Kier alpha value is -3.65. The summed E-state index contributed by atoms with van der Waals surface area (Å²) in [4.78, 5) is 27.9. The molecule has 0 aliphatic carbocycles. The van der Waals surface area contributed by atoms with Crippen molar-refractivity contribution < 1.29 is 18.0 Å². The van der Waals surface area contributed by atoms with Crippen LogP contribution in [0.4, 0.5) is 5.69 Å². The molecule has 0 bridgehead atoms. The number of anilines is 1. The number of aryl methyl sites for hydroxylation is 1. The molecule has 0 heterocycles. The fourth-order valence-corrected chi connectivity index (χ4v) is 5.47. The van der Waals surface area contributed by atoms with Crippen molar-refractivity contribution in [1.29, 1.82) is 0 Å². The van der Waals surface area contributed by atoms with Gasteiger partial charge in [0.2, 0.25) is 11.8 Å². The van der Waals surface area contributed by atoms with Gasteiger partial charge in [0, 0.05) is 13.6 Å². The maximum absolute atomic E-state index is 13.8. The first-order valence-corrected chi connectivity index (χ1v) is 13.7. The topological polar surface area (TPSA) is 86.8 Å². The molecule has 0 aromatic heterocycles. The fraction of sp³-hybridized carbons (Fsp3) is 0.310. The predicted molar refractivity (Wildman–Crippen MR) is 147 cm³/mol. The summed E-state index contributed by atoms with van der Waals surface area (Å²) < 4.78 is 28.6. The summed E-state index contributed by atoms with van der Waals surface area (Å²) in [5.41, 5.74) is 3.29. The maximum Gasteiger partial charge on any atom is 0.264 e. The van der Waals surface area contributed by atoms with Crippen LogP contribution in [0.5, 0.6) is 0 Å². The monoisotopic (exact) mass is 521 g/mol. The lowest BCUT2D eigenvalue weighted by Crippen LogP contribution is -2.50. The fourth-order valence-electron chi connectivity index (χ4n) is 4.04. The minimum absolute atomic E-state index is 0.0838. The highest BCUT2D eigenvalue weighted by Gasteiger charge is 2.32. The van der Waals surface area contributed by atoms with Crippen molar-refractivity contribution in [2.75, 3.05) is 17.9 Å². The standard InChI is InChI=1S/C29H35N3O4S/c1-21(2)24-15-17-26(18-16-24)32(37(35,36)27-13-7-6-8-14-27)20-28(33)31(23(4)29(34)30-5)19-25-12-10-9-11-22(25)3/h6-18,21,23H,19-20H2,1-5H3,(H,30,34)/t23-/m0/s1. The largest absolute Gasteiger partial charge is 0.357 e. The molecular formula is C29H35N3O4S. The second kappa shape index (κ2) is 12.1. The van der Waals surface area contributed by atoms with E-state index in [4.69, 9.17) is 0 Å². The lowest BCUT2D eigenvalue weighted by atomic mass is 10.0. The van der Waals surface area contributed by atoms with Gasteiger partial charge in [-0.1, -0.05) is 68.4 Å². The molecule has 1 N–H and O–H groups in total. The van der Waals surface area contributed by atoms with E-state index in [-0.39, 0.29) is 23.3 Å². The van der Waals surface area contributed by atoms with Crippen LogP contribution in [0.25, 0.3) is 0 Å². The summed E-state index contributed by atoms with van der Waals surface area (Å²) in [6, 6.07) is 22.0. The van der Waals surface area contributed by atoms with E-state index in [1.54, 1.807) is 37.3 Å². The van der Waals surface area contributed by atoms with Crippen LogP contribution in [0.2, 0.25) is 0 Å². The van der Waals surface area contributed by atoms with Crippen LogP contribution in [0.1, 0.15) is 43.4 Å². The van der Waals surface area contributed by atoms with E-state index < -0.39 is 28.5 Å². The van der Waals surface area contributed by atoms with Gasteiger partial charge >= 0.3 is 0 Å². The van der Waals surface area contributed by atoms with E-state index in [2.05, 4.69) is 19.2 Å². The molecule has 0 unspecified atom stereocenters. The van der Waals surface area contributed by atoms with Gasteiger partial charge in [-0.15, -0.1) is 0 Å². The number of hydrogen-bond acceptors (Lipinski definition) is 4. The van der Waals surface area contributed by atoms with Crippen LogP contribution < -0.4 is 9.62 Å². The zero-order valence-corrected chi connectivity index (χ0v) is 22.8. The Kier molecular flexibility index (Phi) is 9.10. The highest BCUT2D eigenvalue weighted by molar-refractivity contribution is 7.92. The zero-order valence-electron chi connectivity index (χ0n) is 22.0. The highest BCUT2D eigenvalue weighted by atomic mass is 32.2. The van der Waals surface area contributed by atoms with Crippen molar-refractivity contribution in [3.8, 4) is 0 Å². The predicted octanol–water partition coefficient (Wildman–Crippen LogP) is 4.48. The SMILES string of the molecule is CNC(=O)[C@H](C)N(Cc1ccccc1C)C(=O)CN(c1ccc(C(C)C)cc1)S(=O)(=O)c1ccccc1. The molecule has 8 heteroatoms. The Morgan fingerprint density at radius 3 is 2.03 bits per heavy atom. The van der Waals surface area contributed by atoms with Crippen molar-refractivity contribution >= 4 is 27.5 Å². The summed E-state index contributed by atoms with van der Waals surface area (Å²) in [5.74, 6) is -0.541. The summed E-state index contributed by atoms with van der Waals surface area (Å²) in [6.07, 6.45) is 0. The third-order valence-corrected chi connectivity index (χ3v) is 8.26. The molecule has 0 fully saturated rings. The molecule has 196 valence electrons. The van der Waals surface area contributed by atoms with Gasteiger partial charge in [0.05, 0.1) is 10.6 Å². The molecule has 0 radical (unpaired) electrons. The van der Waals surface area contributed by atoms with Crippen molar-refractivity contribution in [2.24, 2.45) is 0 Å². The smallest absolute Gasteiger partial charge is 0.264 e. The van der Waals surface area contributed by atoms with Crippen molar-refractivity contribution in [1.82, 2.24) is 10.2 Å². The minimum Gasteiger partial charge on any atom is -0.357 e. The number of carbonyl (C=O) groups excluding carboxylic acids is 2. The number of nitrogens with zero attached hydrogens (tertiary/aromatic N) is 2. The van der Waals surface area contributed by atoms with Crippen LogP contribution in [0.3, 0.4) is 0 Å². The third kappa shape index (κ3) is 6.57. The van der Waals surface area contributed by atoms with E-state index in [0.717, 1.165) is 21.0 Å². The molecule has 1 atom stereocenters. The zero-order chi connectivity index (χ0) is 27.2. The highest BCUT2D eigenvalue weighted by Crippen LogP contribution is 2.26. The number of sulfonamides is 1. The number of likely N-dealkylation sites (N-methyl/N-ethyl adjacent to an activating group) is 1. The number of benzene rings is 3. The van der Waals surface area contributed by atoms with Gasteiger partial charge in [-0.25, -0.2) is 8.42 Å². The van der Waals surface area contributed by atoms with E-state index in [0.29, 0.717) is 5.69 Å². The van der Waals surface area contributed by atoms with Gasteiger partial charge < -0.3 is 10.2 Å². The number of hydrogen-bond donors (Lipinski definition) is 1. The lowest BCUT2D eigenvalue weighted by Gasteiger charge is -2.32. The molecule has 0 aliphatic rings. The summed E-state index contributed by atoms with van der Waals surface area (Å²) in [6.45, 7) is 7.41. The van der Waals surface area contributed by atoms with E-state index in [1.165, 1.54) is 24.1 Å². The average Bonchev–Trinajstić information content (AvgIpc) is 2.90. The number of nitrogens with one attached hydrogen (secondary N) is 1. The van der Waals surface area contributed by atoms with Crippen LogP contribution >= 0.6 is 0 Å². The summed E-state index contributed by atoms with van der Waals surface area (Å²) in [7, 11) is -2.55. The van der Waals surface area contributed by atoms with E-state index in [1.807, 2.05) is 43.3 Å². The van der Waals surface area contributed by atoms with Gasteiger partial charge in [0.15, 0.2) is 0 Å². The second-order valence-corrected chi connectivity index (χ2v) is 11.2. The summed E-state index contributed by atoms with van der Waals surface area (Å²) >= 11 is 0. The Labute approximate surface area is 220 Å². The van der Waals surface area contributed by atoms with Crippen molar-refractivity contribution in [3.05, 3.63) is 95.6 Å². The average molecular weight is 522 g/mol. The normalized spacial score (nSPS) is 12.2. The molecule has 0 saturated carbocycles. The third-order valence-electron chi connectivity index (χ3n) is 6.47. The molecule has 0 spiro atoms. The lowest BCUT2D eigenvalue weighted by molar-refractivity contribution is -0.139. The Morgan fingerprint density at radius 2 is 1.46 bits per heavy atom. The van der Waals surface area contributed by atoms with E-state index in [9.17, 15) is 18.0 Å². The minimum atomic E-state index is -4.06. The van der Waals surface area contributed by atoms with Crippen LogP contribution in [-0.2, 0) is 26.2 Å². The number of rotatable bonds is 10. The number of amides is 2. The van der Waals surface area contributed by atoms with Crippen LogP contribution in [-0.4, -0.2) is 44.8 Å². The molecule has 37 heavy (non-hydrogen) atoms. The quantitative estimate of drug-likeness (QED) is 0.426. The first kappa shape index (κ1) is 27.9. The van der Waals surface area contributed by atoms with E-state index >= 15 is 0 Å². The Balaban J connectivity index is 2.04. The molecule has 2 amide bonds. The maximum atomic E-state index is 13.8. The molecule has 0 aliphatic heterocycles. The molecular weight excluding hydrogens is 486 g/mol. The summed E-state index contributed by atoms with van der Waals surface area (Å²) in [5, 5.41) is 2.59. The van der Waals surface area contributed by atoms with Gasteiger partial charge in [-0.05, 0) is 60.7 Å². The molecule has 3 aromatic rings. The van der Waals surface area contributed by atoms with Gasteiger partial charge in [0.25, 0.3) is 10.0 Å². The Morgan fingerprint density at radius 1 is 0.865 bits per heavy atom. The van der Waals surface area contributed by atoms with Crippen LogP contribution in [0, 0.1) is 6.92 Å². The first-order valence-electron chi connectivity index (χ1n) is 12.3. The van der Waals surface area contributed by atoms with Gasteiger partial charge in [-0.3, -0.25) is 13.9 Å².